The Balaban J connectivity index is 1.47. The van der Waals surface area contributed by atoms with Gasteiger partial charge in [-0.1, -0.05) is 11.6 Å². The van der Waals surface area contributed by atoms with Crippen LogP contribution in [0.5, 0.6) is 5.88 Å². The Kier molecular flexibility index (Phi) is 6.87. The summed E-state index contributed by atoms with van der Waals surface area (Å²) in [5.74, 6) is -0.241. The molecule has 1 fully saturated rings. The van der Waals surface area contributed by atoms with E-state index in [9.17, 15) is 14.3 Å². The maximum absolute atomic E-state index is 13.1. The minimum absolute atomic E-state index is 0.0344. The number of carbonyl (C=O) groups is 1. The summed E-state index contributed by atoms with van der Waals surface area (Å²) in [7, 11) is 0. The van der Waals surface area contributed by atoms with Crippen LogP contribution in [0.15, 0.2) is 60.8 Å². The summed E-state index contributed by atoms with van der Waals surface area (Å²) < 4.78 is 19.1. The van der Waals surface area contributed by atoms with Gasteiger partial charge in [-0.25, -0.2) is 9.37 Å². The number of aliphatic hydroxyl groups excluding tert-OH is 1. The molecule has 0 unspecified atom stereocenters. The molecule has 2 heterocycles. The number of pyridine rings is 1. The van der Waals surface area contributed by atoms with Gasteiger partial charge in [-0.05, 0) is 66.6 Å². The Bertz CT molecular complexity index is 1090. The van der Waals surface area contributed by atoms with Gasteiger partial charge in [-0.2, -0.15) is 0 Å². The molecule has 1 saturated heterocycles. The van der Waals surface area contributed by atoms with Crippen LogP contribution >= 0.6 is 11.6 Å². The average Bonchev–Trinajstić information content (AvgIpc) is 3.25. The molecule has 0 spiro atoms. The molecule has 8 heteroatoms. The van der Waals surface area contributed by atoms with E-state index in [2.05, 4.69) is 15.2 Å². The van der Waals surface area contributed by atoms with Gasteiger partial charge in [0.05, 0.1) is 6.54 Å². The molecule has 1 atom stereocenters. The molecule has 3 aromatic rings. The third kappa shape index (κ3) is 5.18. The number of nitrogens with zero attached hydrogens (tertiary/aromatic N) is 2. The lowest BCUT2D eigenvalue weighted by molar-refractivity contribution is 0.102. The van der Waals surface area contributed by atoms with Crippen LogP contribution in [0.25, 0.3) is 0 Å². The van der Waals surface area contributed by atoms with Gasteiger partial charge in [-0.15, -0.1) is 0 Å². The number of hydrogen-bond donors (Lipinski definition) is 2. The molecule has 1 aromatic heterocycles. The minimum atomic E-state index is -0.365. The van der Waals surface area contributed by atoms with Gasteiger partial charge in [-0.3, -0.25) is 4.79 Å². The van der Waals surface area contributed by atoms with Crippen LogP contribution in [0, 0.1) is 5.82 Å². The Morgan fingerprint density at radius 2 is 2.06 bits per heavy atom. The molecule has 1 aliphatic rings. The van der Waals surface area contributed by atoms with E-state index in [1.807, 2.05) is 6.07 Å². The number of anilines is 2. The monoisotopic (exact) mass is 455 g/mol. The van der Waals surface area contributed by atoms with Gasteiger partial charge in [0.25, 0.3) is 5.91 Å². The van der Waals surface area contributed by atoms with E-state index in [4.69, 9.17) is 16.3 Å². The van der Waals surface area contributed by atoms with Crippen LogP contribution in [0.3, 0.4) is 0 Å². The van der Waals surface area contributed by atoms with Crippen molar-refractivity contribution in [1.29, 1.82) is 0 Å². The first-order chi connectivity index (χ1) is 15.5. The van der Waals surface area contributed by atoms with Crippen molar-refractivity contribution in [1.82, 2.24) is 4.98 Å². The number of carbonyl (C=O) groups excluding carboxylic acids is 1. The number of amides is 1. The predicted octanol–water partition coefficient (Wildman–Crippen LogP) is 4.32. The van der Waals surface area contributed by atoms with Crippen LogP contribution in [-0.4, -0.2) is 41.8 Å². The Morgan fingerprint density at radius 3 is 2.81 bits per heavy atom. The van der Waals surface area contributed by atoms with Gasteiger partial charge in [0, 0.05) is 42.7 Å². The highest BCUT2D eigenvalue weighted by Crippen LogP contribution is 2.29. The van der Waals surface area contributed by atoms with Crippen LogP contribution in [0.2, 0.25) is 5.02 Å². The number of hydrogen-bond acceptors (Lipinski definition) is 5. The minimum Gasteiger partial charge on any atom is -0.471 e. The van der Waals surface area contributed by atoms with E-state index in [0.717, 1.165) is 24.2 Å². The second kappa shape index (κ2) is 9.97. The molecule has 4 rings (SSSR count). The molecule has 6 nitrogen and oxygen atoms in total. The van der Waals surface area contributed by atoms with Crippen molar-refractivity contribution in [3.05, 3.63) is 82.8 Å². The Morgan fingerprint density at radius 1 is 1.25 bits per heavy atom. The Labute approximate surface area is 190 Å². The normalized spacial score (nSPS) is 15.6. The van der Waals surface area contributed by atoms with Crippen molar-refractivity contribution < 1.29 is 19.0 Å². The lowest BCUT2D eigenvalue weighted by Crippen LogP contribution is -2.26. The largest absolute Gasteiger partial charge is 0.471 e. The van der Waals surface area contributed by atoms with E-state index >= 15 is 0 Å². The van der Waals surface area contributed by atoms with Gasteiger partial charge < -0.3 is 20.1 Å². The summed E-state index contributed by atoms with van der Waals surface area (Å²) in [6.45, 7) is 1.38. The number of rotatable bonds is 7. The second-order valence-electron chi connectivity index (χ2n) is 7.54. The van der Waals surface area contributed by atoms with E-state index in [1.165, 1.54) is 24.3 Å². The van der Waals surface area contributed by atoms with Crippen molar-refractivity contribution in [2.75, 3.05) is 29.9 Å². The van der Waals surface area contributed by atoms with E-state index in [0.29, 0.717) is 35.1 Å². The fourth-order valence-corrected chi connectivity index (χ4v) is 3.92. The standard InChI is InChI=1S/C24H23ClFN3O3/c25-21-2-1-11-27-24(21)32-20-9-12-29(15-20)22-8-3-17(14-16(22)10-13-30)23(31)28-19-6-4-18(26)5-7-19/h1-8,11,14,20,30H,9-10,12-13,15H2,(H,28,31)/t20-/m0/s1. The van der Waals surface area contributed by atoms with Crippen molar-refractivity contribution in [2.45, 2.75) is 18.9 Å². The van der Waals surface area contributed by atoms with Gasteiger partial charge in [0.1, 0.15) is 16.9 Å². The first-order valence-electron chi connectivity index (χ1n) is 10.4. The van der Waals surface area contributed by atoms with Gasteiger partial charge in [0.15, 0.2) is 0 Å². The molecular formula is C24H23ClFN3O3. The van der Waals surface area contributed by atoms with E-state index in [-0.39, 0.29) is 24.4 Å². The van der Waals surface area contributed by atoms with Crippen molar-refractivity contribution in [3.8, 4) is 5.88 Å². The van der Waals surface area contributed by atoms with Crippen LogP contribution in [0.4, 0.5) is 15.8 Å². The van der Waals surface area contributed by atoms with E-state index in [1.54, 1.807) is 30.5 Å². The highest BCUT2D eigenvalue weighted by molar-refractivity contribution is 6.31. The quantitative estimate of drug-likeness (QED) is 0.555. The molecular weight excluding hydrogens is 433 g/mol. The fourth-order valence-electron chi connectivity index (χ4n) is 3.75. The summed E-state index contributed by atoms with van der Waals surface area (Å²) in [6, 6.07) is 14.5. The summed E-state index contributed by atoms with van der Waals surface area (Å²) in [4.78, 5) is 19.0. The predicted molar refractivity (Wildman–Crippen MR) is 122 cm³/mol. The molecule has 1 aliphatic heterocycles. The number of ether oxygens (including phenoxy) is 1. The molecule has 0 aliphatic carbocycles. The second-order valence-corrected chi connectivity index (χ2v) is 7.95. The number of halogens is 2. The number of aliphatic hydroxyl groups is 1. The molecule has 2 aromatic carbocycles. The molecule has 32 heavy (non-hydrogen) atoms. The van der Waals surface area contributed by atoms with Crippen molar-refractivity contribution >= 4 is 28.9 Å². The maximum Gasteiger partial charge on any atom is 0.255 e. The van der Waals surface area contributed by atoms with Crippen LogP contribution in [-0.2, 0) is 6.42 Å². The smallest absolute Gasteiger partial charge is 0.255 e. The summed E-state index contributed by atoms with van der Waals surface area (Å²) in [5.41, 5.74) is 2.80. The Hall–Kier alpha value is -3.16. The number of nitrogens with one attached hydrogen (secondary N) is 1. The number of benzene rings is 2. The molecule has 0 bridgehead atoms. The topological polar surface area (TPSA) is 74.7 Å². The zero-order valence-electron chi connectivity index (χ0n) is 17.3. The molecule has 1 amide bonds. The van der Waals surface area contributed by atoms with Gasteiger partial charge in [0.2, 0.25) is 5.88 Å². The zero-order chi connectivity index (χ0) is 22.5. The van der Waals surface area contributed by atoms with Crippen LogP contribution < -0.4 is 15.0 Å². The summed E-state index contributed by atoms with van der Waals surface area (Å²) >= 11 is 6.15. The lowest BCUT2D eigenvalue weighted by atomic mass is 10.0. The van der Waals surface area contributed by atoms with Crippen molar-refractivity contribution in [2.24, 2.45) is 0 Å². The maximum atomic E-state index is 13.1. The molecule has 166 valence electrons. The summed E-state index contributed by atoms with van der Waals surface area (Å²) in [5, 5.41) is 12.8. The van der Waals surface area contributed by atoms with Gasteiger partial charge >= 0.3 is 0 Å². The molecule has 0 saturated carbocycles. The highest BCUT2D eigenvalue weighted by atomic mass is 35.5. The average molecular weight is 456 g/mol. The number of aromatic nitrogens is 1. The first kappa shape index (κ1) is 22.0. The summed E-state index contributed by atoms with van der Waals surface area (Å²) in [6.07, 6.45) is 2.80. The lowest BCUT2D eigenvalue weighted by Gasteiger charge is -2.23. The fraction of sp³-hybridized carbons (Fsp3) is 0.250. The highest BCUT2D eigenvalue weighted by Gasteiger charge is 2.27. The molecule has 0 radical (unpaired) electrons. The third-order valence-electron chi connectivity index (χ3n) is 5.31. The zero-order valence-corrected chi connectivity index (χ0v) is 18.1. The molecule has 2 N–H and O–H groups in total. The third-order valence-corrected chi connectivity index (χ3v) is 5.60. The van der Waals surface area contributed by atoms with Crippen molar-refractivity contribution in [3.63, 3.8) is 0 Å². The van der Waals surface area contributed by atoms with Crippen LogP contribution in [0.1, 0.15) is 22.3 Å². The SMILES string of the molecule is O=C(Nc1ccc(F)cc1)c1ccc(N2CC[C@H](Oc3ncccc3Cl)C2)c(CCO)c1. The van der Waals surface area contributed by atoms with E-state index < -0.39 is 0 Å². The first-order valence-corrected chi connectivity index (χ1v) is 10.7.